The first-order chi connectivity index (χ1) is 13.0. The zero-order valence-electron chi connectivity index (χ0n) is 14.0. The molecule has 0 bridgehead atoms. The molecule has 1 N–H and O–H groups in total. The molecular formula is C17H12Cl2N6O2. The molecule has 27 heavy (non-hydrogen) atoms. The zero-order valence-corrected chi connectivity index (χ0v) is 15.5. The highest BCUT2D eigenvalue weighted by atomic mass is 35.5. The van der Waals surface area contributed by atoms with E-state index < -0.39 is 5.97 Å². The Morgan fingerprint density at radius 1 is 1.26 bits per heavy atom. The van der Waals surface area contributed by atoms with Gasteiger partial charge in [0.1, 0.15) is 17.6 Å². The first-order valence-corrected chi connectivity index (χ1v) is 8.51. The lowest BCUT2D eigenvalue weighted by Gasteiger charge is -2.05. The summed E-state index contributed by atoms with van der Waals surface area (Å²) in [6, 6.07) is 10.0. The molecule has 2 heterocycles. The van der Waals surface area contributed by atoms with Gasteiger partial charge in [-0.05, 0) is 31.2 Å². The number of nitrogens with one attached hydrogen (secondary N) is 1. The molecule has 0 amide bonds. The van der Waals surface area contributed by atoms with Gasteiger partial charge in [0.05, 0.1) is 22.2 Å². The Morgan fingerprint density at radius 3 is 2.59 bits per heavy atom. The maximum atomic E-state index is 11.7. The van der Waals surface area contributed by atoms with Gasteiger partial charge in [0.15, 0.2) is 5.82 Å². The first kappa shape index (κ1) is 18.6. The van der Waals surface area contributed by atoms with E-state index in [9.17, 15) is 10.1 Å². The fourth-order valence-corrected chi connectivity index (χ4v) is 2.72. The Labute approximate surface area is 164 Å². The Morgan fingerprint density at radius 2 is 2.00 bits per heavy atom. The molecule has 0 radical (unpaired) electrons. The van der Waals surface area contributed by atoms with Crippen LogP contribution < -0.4 is 5.32 Å². The fourth-order valence-electron chi connectivity index (χ4n) is 2.17. The van der Waals surface area contributed by atoms with Crippen LogP contribution in [-0.2, 0) is 4.74 Å². The van der Waals surface area contributed by atoms with Crippen molar-refractivity contribution in [3.8, 4) is 11.8 Å². The monoisotopic (exact) mass is 402 g/mol. The van der Waals surface area contributed by atoms with Crippen molar-refractivity contribution in [2.75, 3.05) is 11.9 Å². The lowest BCUT2D eigenvalue weighted by molar-refractivity contribution is 0.0526. The second kappa shape index (κ2) is 8.03. The minimum atomic E-state index is -0.464. The van der Waals surface area contributed by atoms with Crippen molar-refractivity contribution in [3.63, 3.8) is 0 Å². The second-order valence-electron chi connectivity index (χ2n) is 5.15. The fraction of sp³-hybridized carbons (Fsp3) is 0.118. The molecule has 2 aromatic heterocycles. The van der Waals surface area contributed by atoms with Crippen molar-refractivity contribution in [2.45, 2.75) is 6.92 Å². The predicted molar refractivity (Wildman–Crippen MR) is 99.6 cm³/mol. The van der Waals surface area contributed by atoms with Gasteiger partial charge in [-0.1, -0.05) is 29.3 Å². The highest BCUT2D eigenvalue weighted by Gasteiger charge is 2.17. The van der Waals surface area contributed by atoms with Crippen LogP contribution in [0.25, 0.3) is 5.69 Å². The third-order valence-corrected chi connectivity index (χ3v) is 3.99. The summed E-state index contributed by atoms with van der Waals surface area (Å²) in [6.45, 7) is 2.00. The van der Waals surface area contributed by atoms with Crippen molar-refractivity contribution in [3.05, 3.63) is 57.8 Å². The molecule has 0 saturated heterocycles. The number of para-hydroxylation sites is 1. The number of hydrogen-bond donors (Lipinski definition) is 1. The second-order valence-corrected chi connectivity index (χ2v) is 5.96. The standard InChI is InChI=1S/C17H12Cl2N6O2/c1-2-27-17(26)10-6-7-14(21-9-10)22-16-13(8-20)23-25(24-16)15-11(18)4-3-5-12(15)19/h3-7,9H,2H2,1H3,(H,21,22,24). The van der Waals surface area contributed by atoms with Gasteiger partial charge in [-0.3, -0.25) is 0 Å². The number of aromatic nitrogens is 4. The molecule has 0 saturated carbocycles. The number of carbonyl (C=O) groups excluding carboxylic acids is 1. The minimum absolute atomic E-state index is 0.0299. The van der Waals surface area contributed by atoms with Gasteiger partial charge in [-0.2, -0.15) is 5.26 Å². The summed E-state index contributed by atoms with van der Waals surface area (Å²) in [5.41, 5.74) is 0.702. The molecule has 0 aliphatic rings. The molecule has 3 aromatic rings. The van der Waals surface area contributed by atoms with Gasteiger partial charge in [-0.25, -0.2) is 9.78 Å². The van der Waals surface area contributed by atoms with E-state index in [1.807, 2.05) is 6.07 Å². The SMILES string of the molecule is CCOC(=O)c1ccc(Nc2nn(-c3c(Cl)cccc3Cl)nc2C#N)nc1. The van der Waals surface area contributed by atoms with Crippen molar-refractivity contribution < 1.29 is 9.53 Å². The maximum Gasteiger partial charge on any atom is 0.339 e. The molecule has 10 heteroatoms. The number of halogens is 2. The van der Waals surface area contributed by atoms with Crippen molar-refractivity contribution in [1.82, 2.24) is 20.0 Å². The predicted octanol–water partition coefficient (Wildman–Crippen LogP) is 3.76. The van der Waals surface area contributed by atoms with E-state index in [2.05, 4.69) is 20.5 Å². The number of esters is 1. The number of ether oxygens (including phenoxy) is 1. The van der Waals surface area contributed by atoms with E-state index in [0.717, 1.165) is 0 Å². The van der Waals surface area contributed by atoms with E-state index in [4.69, 9.17) is 27.9 Å². The summed E-state index contributed by atoms with van der Waals surface area (Å²) in [6.07, 6.45) is 1.36. The van der Waals surface area contributed by atoms with E-state index in [1.165, 1.54) is 11.0 Å². The van der Waals surface area contributed by atoms with Crippen LogP contribution in [0.3, 0.4) is 0 Å². The smallest absolute Gasteiger partial charge is 0.339 e. The summed E-state index contributed by atoms with van der Waals surface area (Å²) >= 11 is 12.3. The molecule has 3 rings (SSSR count). The highest BCUT2D eigenvalue weighted by Crippen LogP contribution is 2.28. The molecule has 0 aliphatic heterocycles. The third-order valence-electron chi connectivity index (χ3n) is 3.38. The van der Waals surface area contributed by atoms with Crippen molar-refractivity contribution in [2.24, 2.45) is 0 Å². The number of carbonyl (C=O) groups is 1. The van der Waals surface area contributed by atoms with E-state index in [0.29, 0.717) is 27.1 Å². The van der Waals surface area contributed by atoms with Crippen LogP contribution in [0, 0.1) is 11.3 Å². The van der Waals surface area contributed by atoms with Crippen LogP contribution in [0.2, 0.25) is 10.0 Å². The largest absolute Gasteiger partial charge is 0.462 e. The lowest BCUT2D eigenvalue weighted by Crippen LogP contribution is -2.05. The van der Waals surface area contributed by atoms with Crippen LogP contribution in [0.15, 0.2) is 36.5 Å². The summed E-state index contributed by atoms with van der Waals surface area (Å²) < 4.78 is 4.90. The highest BCUT2D eigenvalue weighted by molar-refractivity contribution is 6.37. The molecular weight excluding hydrogens is 391 g/mol. The van der Waals surface area contributed by atoms with Gasteiger partial charge in [0, 0.05) is 6.20 Å². The lowest BCUT2D eigenvalue weighted by atomic mass is 10.3. The Bertz CT molecular complexity index is 1010. The molecule has 1 aromatic carbocycles. The van der Waals surface area contributed by atoms with Crippen LogP contribution in [-0.4, -0.2) is 32.6 Å². The van der Waals surface area contributed by atoms with Gasteiger partial charge < -0.3 is 10.1 Å². The number of anilines is 2. The van der Waals surface area contributed by atoms with Crippen LogP contribution in [0.1, 0.15) is 23.0 Å². The summed E-state index contributed by atoms with van der Waals surface area (Å²) in [4.78, 5) is 17.0. The van der Waals surface area contributed by atoms with E-state index >= 15 is 0 Å². The molecule has 136 valence electrons. The van der Waals surface area contributed by atoms with E-state index in [1.54, 1.807) is 37.3 Å². The van der Waals surface area contributed by atoms with Gasteiger partial charge >= 0.3 is 5.97 Å². The van der Waals surface area contributed by atoms with Crippen molar-refractivity contribution in [1.29, 1.82) is 5.26 Å². The van der Waals surface area contributed by atoms with E-state index in [-0.39, 0.29) is 18.1 Å². The quantitative estimate of drug-likeness (QED) is 0.647. The Balaban J connectivity index is 1.89. The molecule has 0 atom stereocenters. The number of nitrogens with zero attached hydrogens (tertiary/aromatic N) is 5. The van der Waals surface area contributed by atoms with Gasteiger partial charge in [-0.15, -0.1) is 15.0 Å². The van der Waals surface area contributed by atoms with Crippen molar-refractivity contribution >= 4 is 40.8 Å². The average molecular weight is 403 g/mol. The molecule has 0 aliphatic carbocycles. The number of nitriles is 1. The topological polar surface area (TPSA) is 106 Å². The summed E-state index contributed by atoms with van der Waals surface area (Å²) in [5.74, 6) is 0.0790. The van der Waals surface area contributed by atoms with Gasteiger partial charge in [0.2, 0.25) is 5.69 Å². The third kappa shape index (κ3) is 4.00. The number of benzene rings is 1. The number of pyridine rings is 1. The molecule has 0 spiro atoms. The number of rotatable bonds is 5. The normalized spacial score (nSPS) is 10.3. The van der Waals surface area contributed by atoms with Gasteiger partial charge in [0.25, 0.3) is 0 Å². The first-order valence-electron chi connectivity index (χ1n) is 7.75. The van der Waals surface area contributed by atoms with Crippen LogP contribution >= 0.6 is 23.2 Å². The summed E-state index contributed by atoms with van der Waals surface area (Å²) in [7, 11) is 0. The van der Waals surface area contributed by atoms with Crippen LogP contribution in [0.4, 0.5) is 11.6 Å². The Hall–Kier alpha value is -3.15. The summed E-state index contributed by atoms with van der Waals surface area (Å²) in [5, 5.41) is 21.2. The van der Waals surface area contributed by atoms with Crippen LogP contribution in [0.5, 0.6) is 0 Å². The number of hydrogen-bond acceptors (Lipinski definition) is 7. The average Bonchev–Trinajstić information content (AvgIpc) is 3.04. The maximum absolute atomic E-state index is 11.7. The minimum Gasteiger partial charge on any atom is -0.462 e. The molecule has 0 fully saturated rings. The zero-order chi connectivity index (χ0) is 19.4. The Kier molecular flexibility index (Phi) is 5.54. The molecule has 8 nitrogen and oxygen atoms in total. The molecule has 0 unspecified atom stereocenters.